The maximum atomic E-state index is 13.0. The fourth-order valence-corrected chi connectivity index (χ4v) is 4.64. The zero-order valence-electron chi connectivity index (χ0n) is 14.0. The average molecular weight is 377 g/mol. The number of nitrogens with zero attached hydrogens (tertiary/aromatic N) is 2. The van der Waals surface area contributed by atoms with E-state index in [1.54, 1.807) is 28.9 Å². The fourth-order valence-electron chi connectivity index (χ4n) is 2.26. The van der Waals surface area contributed by atoms with E-state index in [-0.39, 0.29) is 11.3 Å². The number of carbonyl (C=O) groups is 1. The number of thiazole rings is 1. The van der Waals surface area contributed by atoms with Crippen molar-refractivity contribution in [1.82, 2.24) is 9.88 Å². The van der Waals surface area contributed by atoms with Crippen molar-refractivity contribution < 1.29 is 4.79 Å². The molecule has 0 bridgehead atoms. The number of hydrogen-bond donors (Lipinski definition) is 0. The van der Waals surface area contributed by atoms with E-state index >= 15 is 0 Å². The van der Waals surface area contributed by atoms with Crippen LogP contribution in [0.15, 0.2) is 41.2 Å². The van der Waals surface area contributed by atoms with E-state index in [4.69, 9.17) is 0 Å². The second-order valence-corrected chi connectivity index (χ2v) is 9.69. The second-order valence-electron chi connectivity index (χ2n) is 6.60. The molecule has 24 heavy (non-hydrogen) atoms. The summed E-state index contributed by atoms with van der Waals surface area (Å²) < 4.78 is 0. The molecule has 0 spiro atoms. The molecule has 0 atom stereocenters. The predicted molar refractivity (Wildman–Crippen MR) is 103 cm³/mol. The molecule has 3 aromatic heterocycles. The first-order chi connectivity index (χ1) is 11.4. The molecule has 126 valence electrons. The highest BCUT2D eigenvalue weighted by Crippen LogP contribution is 2.28. The minimum absolute atomic E-state index is 0.0322. The molecule has 0 N–H and O–H groups in total. The number of amides is 1. The van der Waals surface area contributed by atoms with Crippen molar-refractivity contribution in [3.05, 3.63) is 60.9 Å². The van der Waals surface area contributed by atoms with Crippen LogP contribution in [-0.4, -0.2) is 15.8 Å². The van der Waals surface area contributed by atoms with Crippen LogP contribution in [-0.2, 0) is 18.5 Å². The molecule has 3 aromatic rings. The minimum atomic E-state index is -0.0322. The number of rotatable bonds is 5. The molecule has 0 saturated heterocycles. The van der Waals surface area contributed by atoms with Gasteiger partial charge in [-0.3, -0.25) is 4.79 Å². The Labute approximate surface area is 154 Å². The molecule has 6 heteroatoms. The van der Waals surface area contributed by atoms with Gasteiger partial charge >= 0.3 is 0 Å². The van der Waals surface area contributed by atoms with Gasteiger partial charge in [0.2, 0.25) is 0 Å². The minimum Gasteiger partial charge on any atom is -0.328 e. The summed E-state index contributed by atoms with van der Waals surface area (Å²) in [7, 11) is 0. The first-order valence-corrected chi connectivity index (χ1v) is 10.3. The lowest BCUT2D eigenvalue weighted by molar-refractivity contribution is 0.0738. The summed E-state index contributed by atoms with van der Waals surface area (Å²) in [6.07, 6.45) is 1.73. The summed E-state index contributed by atoms with van der Waals surface area (Å²) in [5.74, 6) is 0.0600. The predicted octanol–water partition coefficient (Wildman–Crippen LogP) is 5.41. The molecule has 3 heterocycles. The molecule has 0 aliphatic heterocycles. The van der Waals surface area contributed by atoms with Crippen molar-refractivity contribution >= 4 is 39.9 Å². The van der Waals surface area contributed by atoms with E-state index < -0.39 is 0 Å². The van der Waals surface area contributed by atoms with Crippen LogP contribution in [0.2, 0.25) is 0 Å². The Morgan fingerprint density at radius 2 is 1.67 bits per heavy atom. The highest BCUT2D eigenvalue weighted by Gasteiger charge is 2.24. The first-order valence-electron chi connectivity index (χ1n) is 7.74. The van der Waals surface area contributed by atoms with Gasteiger partial charge in [0, 0.05) is 15.2 Å². The summed E-state index contributed by atoms with van der Waals surface area (Å²) in [5.41, 5.74) is -0.0322. The Kier molecular flexibility index (Phi) is 5.18. The summed E-state index contributed by atoms with van der Waals surface area (Å²) in [5, 5.41) is 5.10. The smallest absolute Gasteiger partial charge is 0.266 e. The van der Waals surface area contributed by atoms with Crippen LogP contribution in [0, 0.1) is 0 Å². The van der Waals surface area contributed by atoms with Crippen LogP contribution in [0.4, 0.5) is 0 Å². The summed E-state index contributed by atoms with van der Waals surface area (Å²) in [6.45, 7) is 7.63. The average Bonchev–Trinajstić information content (AvgIpc) is 3.27. The number of aromatic nitrogens is 1. The van der Waals surface area contributed by atoms with Crippen molar-refractivity contribution in [1.29, 1.82) is 0 Å². The van der Waals surface area contributed by atoms with Crippen LogP contribution in [0.3, 0.4) is 0 Å². The molecule has 3 nitrogen and oxygen atoms in total. The Morgan fingerprint density at radius 1 is 1.08 bits per heavy atom. The van der Waals surface area contributed by atoms with E-state index in [1.807, 2.05) is 27.8 Å². The van der Waals surface area contributed by atoms with Gasteiger partial charge in [-0.2, -0.15) is 0 Å². The van der Waals surface area contributed by atoms with E-state index in [0.717, 1.165) is 5.01 Å². The Hall–Kier alpha value is -1.50. The molecular weight excluding hydrogens is 356 g/mol. The molecule has 0 aromatic carbocycles. The molecule has 0 aliphatic carbocycles. The molecule has 0 saturated carbocycles. The van der Waals surface area contributed by atoms with Gasteiger partial charge < -0.3 is 4.90 Å². The fraction of sp³-hybridized carbons (Fsp3) is 0.333. The lowest BCUT2D eigenvalue weighted by Crippen LogP contribution is -2.28. The van der Waals surface area contributed by atoms with Crippen molar-refractivity contribution in [3.63, 3.8) is 0 Å². The van der Waals surface area contributed by atoms with Crippen molar-refractivity contribution in [2.45, 2.75) is 39.3 Å². The summed E-state index contributed by atoms with van der Waals surface area (Å²) in [4.78, 5) is 22.5. The Balaban J connectivity index is 1.83. The van der Waals surface area contributed by atoms with Gasteiger partial charge in [0.25, 0.3) is 5.91 Å². The first kappa shape index (κ1) is 17.3. The van der Waals surface area contributed by atoms with Crippen molar-refractivity contribution in [2.75, 3.05) is 0 Å². The maximum absolute atomic E-state index is 13.0. The molecule has 0 aliphatic rings. The Morgan fingerprint density at radius 3 is 2.08 bits per heavy atom. The number of thiophene rings is 2. The van der Waals surface area contributed by atoms with Crippen LogP contribution in [0.25, 0.3) is 0 Å². The van der Waals surface area contributed by atoms with E-state index in [1.165, 1.54) is 21.1 Å². The van der Waals surface area contributed by atoms with Crippen LogP contribution < -0.4 is 0 Å². The zero-order valence-corrected chi connectivity index (χ0v) is 16.4. The molecule has 0 fully saturated rings. The van der Waals surface area contributed by atoms with Crippen LogP contribution in [0.5, 0.6) is 0 Å². The van der Waals surface area contributed by atoms with Crippen LogP contribution in [0.1, 0.15) is 45.2 Å². The van der Waals surface area contributed by atoms with Gasteiger partial charge in [-0.05, 0) is 22.9 Å². The van der Waals surface area contributed by atoms with Gasteiger partial charge in [0.05, 0.1) is 24.3 Å². The molecule has 3 rings (SSSR count). The van der Waals surface area contributed by atoms with Crippen molar-refractivity contribution in [3.8, 4) is 0 Å². The van der Waals surface area contributed by atoms with Gasteiger partial charge in [-0.25, -0.2) is 4.98 Å². The van der Waals surface area contributed by atoms with E-state index in [0.29, 0.717) is 18.0 Å². The van der Waals surface area contributed by atoms with Crippen molar-refractivity contribution in [2.24, 2.45) is 0 Å². The van der Waals surface area contributed by atoms with E-state index in [9.17, 15) is 4.79 Å². The standard InChI is InChI=1S/C18H20N2OS3/c1-18(2,3)17-19-10-15(24-17)16(21)20(11-13-6-4-8-22-13)12-14-7-5-9-23-14/h4-10H,11-12H2,1-3H3. The third-order valence-corrected chi connectivity index (χ3v) is 6.63. The maximum Gasteiger partial charge on any atom is 0.266 e. The summed E-state index contributed by atoms with van der Waals surface area (Å²) >= 11 is 4.87. The SMILES string of the molecule is CC(C)(C)c1ncc(C(=O)N(Cc2cccs2)Cc2cccs2)s1. The van der Waals surface area contributed by atoms with Gasteiger partial charge in [0.1, 0.15) is 4.88 Å². The normalized spacial score (nSPS) is 11.6. The van der Waals surface area contributed by atoms with E-state index in [2.05, 4.69) is 37.9 Å². The highest BCUT2D eigenvalue weighted by molar-refractivity contribution is 7.13. The zero-order chi connectivity index (χ0) is 17.2. The lowest BCUT2D eigenvalue weighted by Gasteiger charge is -2.21. The van der Waals surface area contributed by atoms with Gasteiger partial charge in [-0.15, -0.1) is 34.0 Å². The highest BCUT2D eigenvalue weighted by atomic mass is 32.1. The Bertz CT molecular complexity index is 746. The topological polar surface area (TPSA) is 33.2 Å². The van der Waals surface area contributed by atoms with Crippen LogP contribution >= 0.6 is 34.0 Å². The molecule has 1 amide bonds. The lowest BCUT2D eigenvalue weighted by atomic mass is 9.98. The third-order valence-electron chi connectivity index (χ3n) is 3.50. The monoisotopic (exact) mass is 376 g/mol. The van der Waals surface area contributed by atoms with Gasteiger partial charge in [-0.1, -0.05) is 32.9 Å². The largest absolute Gasteiger partial charge is 0.328 e. The molecular formula is C18H20N2OS3. The summed E-state index contributed by atoms with van der Waals surface area (Å²) in [6, 6.07) is 8.20. The quantitative estimate of drug-likeness (QED) is 0.597. The number of hydrogen-bond acceptors (Lipinski definition) is 5. The molecule has 0 unspecified atom stereocenters. The van der Waals surface area contributed by atoms with Gasteiger partial charge in [0.15, 0.2) is 0 Å². The number of carbonyl (C=O) groups excluding carboxylic acids is 1. The second kappa shape index (κ2) is 7.17. The third kappa shape index (κ3) is 4.12. The molecule has 0 radical (unpaired) electrons.